The van der Waals surface area contributed by atoms with Crippen LogP contribution >= 0.6 is 7.75 Å². The van der Waals surface area contributed by atoms with Crippen LogP contribution in [-0.4, -0.2) is 74.2 Å². The van der Waals surface area contributed by atoms with Crippen LogP contribution < -0.4 is 21.3 Å². The number of nitrogens with one attached hydrogen (secondary N) is 1. The molecule has 6 N–H and O–H groups in total. The number of carbonyl (C=O) groups is 1. The normalized spacial score (nSPS) is 26.1. The van der Waals surface area contributed by atoms with Gasteiger partial charge in [-0.1, -0.05) is 36.8 Å². The quantitative estimate of drug-likeness (QED) is 0.160. The fraction of sp³-hybridized carbons (Fsp3) is 0.556. The number of carbonyl (C=O) groups excluding carboxylic acids is 1. The SMILES string of the molecule is CCOC(=O)C(OP(=O)(NC1CCC1)OCC1OC(n2cnc3c(OCC)nc(N)nc32)C(C)(N)C1O)c1ccccc1. The summed E-state index contributed by atoms with van der Waals surface area (Å²) in [5.74, 6) is -0.542. The zero-order valence-electron chi connectivity index (χ0n) is 24.3. The van der Waals surface area contributed by atoms with Gasteiger partial charge in [0.2, 0.25) is 11.8 Å². The first-order valence-electron chi connectivity index (χ1n) is 14.2. The lowest BCUT2D eigenvalue weighted by Crippen LogP contribution is -2.52. The van der Waals surface area contributed by atoms with Gasteiger partial charge in [0.15, 0.2) is 23.5 Å². The number of anilines is 1. The fourth-order valence-corrected chi connectivity index (χ4v) is 6.73. The Morgan fingerprint density at radius 3 is 2.65 bits per heavy atom. The van der Waals surface area contributed by atoms with Gasteiger partial charge in [-0.2, -0.15) is 9.97 Å². The minimum Gasteiger partial charge on any atom is -0.476 e. The summed E-state index contributed by atoms with van der Waals surface area (Å²) in [6, 6.07) is 8.47. The van der Waals surface area contributed by atoms with E-state index in [1.807, 2.05) is 0 Å². The Balaban J connectivity index is 1.38. The van der Waals surface area contributed by atoms with Crippen LogP contribution in [0.25, 0.3) is 11.2 Å². The highest BCUT2D eigenvalue weighted by molar-refractivity contribution is 7.51. The van der Waals surface area contributed by atoms with Crippen molar-refractivity contribution in [2.45, 2.75) is 76.2 Å². The van der Waals surface area contributed by atoms with Gasteiger partial charge in [0.25, 0.3) is 0 Å². The Morgan fingerprint density at radius 2 is 2.00 bits per heavy atom. The number of fused-ring (bicyclic) bond motifs is 1. The summed E-state index contributed by atoms with van der Waals surface area (Å²) in [4.78, 5) is 25.6. The number of hydrogen-bond donors (Lipinski definition) is 4. The number of aliphatic hydroxyl groups is 1. The molecule has 1 saturated heterocycles. The summed E-state index contributed by atoms with van der Waals surface area (Å²) in [5.41, 5.74) is 12.2. The largest absolute Gasteiger partial charge is 0.476 e. The molecule has 16 heteroatoms. The molecule has 0 amide bonds. The number of imidazole rings is 1. The van der Waals surface area contributed by atoms with Crippen molar-refractivity contribution in [1.82, 2.24) is 24.6 Å². The van der Waals surface area contributed by atoms with E-state index in [1.165, 1.54) is 10.9 Å². The third-order valence-electron chi connectivity index (χ3n) is 7.47. The number of aromatic nitrogens is 4. The zero-order valence-corrected chi connectivity index (χ0v) is 25.2. The maximum atomic E-state index is 14.2. The van der Waals surface area contributed by atoms with Gasteiger partial charge >= 0.3 is 13.7 Å². The van der Waals surface area contributed by atoms with Crippen molar-refractivity contribution in [2.24, 2.45) is 5.73 Å². The molecule has 0 bridgehead atoms. The number of nitrogens with two attached hydrogens (primary N) is 2. The second kappa shape index (κ2) is 12.8. The van der Waals surface area contributed by atoms with Crippen LogP contribution in [0.2, 0.25) is 0 Å². The summed E-state index contributed by atoms with van der Waals surface area (Å²) in [6.07, 6.45) is -0.672. The Labute approximate surface area is 248 Å². The van der Waals surface area contributed by atoms with Crippen LogP contribution in [0.3, 0.4) is 0 Å². The van der Waals surface area contributed by atoms with E-state index in [9.17, 15) is 14.5 Å². The number of hydrogen-bond acceptors (Lipinski definition) is 13. The van der Waals surface area contributed by atoms with Gasteiger partial charge < -0.3 is 30.8 Å². The van der Waals surface area contributed by atoms with Crippen LogP contribution in [0.15, 0.2) is 36.7 Å². The van der Waals surface area contributed by atoms with E-state index in [1.54, 1.807) is 51.1 Å². The van der Waals surface area contributed by atoms with E-state index in [2.05, 4.69) is 20.0 Å². The lowest BCUT2D eigenvalue weighted by molar-refractivity contribution is -0.152. The molecule has 1 aliphatic carbocycles. The van der Waals surface area contributed by atoms with Crippen molar-refractivity contribution in [2.75, 3.05) is 25.6 Å². The maximum Gasteiger partial charge on any atom is 0.407 e. The molecule has 2 fully saturated rings. The number of benzene rings is 1. The summed E-state index contributed by atoms with van der Waals surface area (Å²) < 4.78 is 44.4. The summed E-state index contributed by atoms with van der Waals surface area (Å²) >= 11 is 0. The predicted octanol–water partition coefficient (Wildman–Crippen LogP) is 2.37. The number of rotatable bonds is 13. The minimum atomic E-state index is -4.16. The number of aliphatic hydroxyl groups excluding tert-OH is 1. The molecule has 6 atom stereocenters. The van der Waals surface area contributed by atoms with Crippen molar-refractivity contribution in [1.29, 1.82) is 0 Å². The molecular weight excluding hydrogens is 581 g/mol. The van der Waals surface area contributed by atoms with E-state index in [-0.39, 0.29) is 31.1 Å². The molecule has 43 heavy (non-hydrogen) atoms. The molecule has 0 radical (unpaired) electrons. The number of esters is 1. The molecule has 1 aliphatic heterocycles. The lowest BCUT2D eigenvalue weighted by atomic mass is 9.93. The molecule has 1 aromatic carbocycles. The fourth-order valence-electron chi connectivity index (χ4n) is 5.00. The molecule has 3 aromatic rings. The molecule has 0 spiro atoms. The molecule has 234 valence electrons. The molecule has 5 rings (SSSR count). The van der Waals surface area contributed by atoms with E-state index in [0.717, 1.165) is 19.3 Å². The van der Waals surface area contributed by atoms with Gasteiger partial charge in [-0.05, 0) is 39.2 Å². The number of nitrogen functional groups attached to an aromatic ring is 1. The summed E-state index contributed by atoms with van der Waals surface area (Å²) in [6.45, 7) is 5.15. The van der Waals surface area contributed by atoms with Gasteiger partial charge in [-0.15, -0.1) is 0 Å². The Hall–Kier alpha value is -3.17. The van der Waals surface area contributed by atoms with Gasteiger partial charge in [-0.25, -0.2) is 19.4 Å². The second-order valence-corrected chi connectivity index (χ2v) is 12.4. The molecule has 6 unspecified atom stereocenters. The topological polar surface area (TPSA) is 208 Å². The lowest BCUT2D eigenvalue weighted by Gasteiger charge is -2.32. The highest BCUT2D eigenvalue weighted by Gasteiger charge is 2.53. The molecule has 3 heterocycles. The van der Waals surface area contributed by atoms with Gasteiger partial charge in [0.05, 0.1) is 31.7 Å². The van der Waals surface area contributed by atoms with Crippen LogP contribution in [0.1, 0.15) is 57.9 Å². The first-order chi connectivity index (χ1) is 20.6. The third-order valence-corrected chi connectivity index (χ3v) is 9.13. The molecule has 2 aromatic heterocycles. The summed E-state index contributed by atoms with van der Waals surface area (Å²) in [5, 5.41) is 14.2. The van der Waals surface area contributed by atoms with Crippen molar-refractivity contribution in [3.63, 3.8) is 0 Å². The van der Waals surface area contributed by atoms with Crippen LogP contribution in [0.4, 0.5) is 5.95 Å². The Kier molecular flexibility index (Phi) is 9.32. The molecule has 2 aliphatic rings. The van der Waals surface area contributed by atoms with Crippen molar-refractivity contribution in [3.05, 3.63) is 42.2 Å². The first-order valence-corrected chi connectivity index (χ1v) is 15.8. The molecule has 1 saturated carbocycles. The number of nitrogens with zero attached hydrogens (tertiary/aromatic N) is 4. The second-order valence-electron chi connectivity index (χ2n) is 10.7. The predicted molar refractivity (Wildman–Crippen MR) is 155 cm³/mol. The van der Waals surface area contributed by atoms with Crippen LogP contribution in [0, 0.1) is 0 Å². The van der Waals surface area contributed by atoms with Gasteiger partial charge in [-0.3, -0.25) is 13.6 Å². The third kappa shape index (κ3) is 6.53. The molecule has 15 nitrogen and oxygen atoms in total. The van der Waals surface area contributed by atoms with Crippen molar-refractivity contribution in [3.8, 4) is 5.88 Å². The van der Waals surface area contributed by atoms with E-state index in [4.69, 9.17) is 34.7 Å². The van der Waals surface area contributed by atoms with Crippen molar-refractivity contribution < 1.29 is 37.7 Å². The zero-order chi connectivity index (χ0) is 30.8. The van der Waals surface area contributed by atoms with E-state index < -0.39 is 43.8 Å². The molecular formula is C27H38N7O8P. The Bertz CT molecular complexity index is 1470. The minimum absolute atomic E-state index is 0.0374. The first kappa shape index (κ1) is 31.3. The maximum absolute atomic E-state index is 14.2. The smallest absolute Gasteiger partial charge is 0.407 e. The van der Waals surface area contributed by atoms with Crippen LogP contribution in [-0.2, 0) is 27.9 Å². The van der Waals surface area contributed by atoms with Crippen LogP contribution in [0.5, 0.6) is 5.88 Å². The highest BCUT2D eigenvalue weighted by Crippen LogP contribution is 2.51. The van der Waals surface area contributed by atoms with Gasteiger partial charge in [0, 0.05) is 6.04 Å². The Morgan fingerprint density at radius 1 is 1.26 bits per heavy atom. The van der Waals surface area contributed by atoms with Gasteiger partial charge in [0.1, 0.15) is 12.2 Å². The standard InChI is InChI=1S/C27H38N7O8P/c1-4-38-23-19-22(31-26(28)32-23)34(15-30-19)25-27(3,29)21(35)18(41-25)14-40-43(37,33-17-12-9-13-17)42-20(24(36)39-5-2)16-10-7-6-8-11-16/h6-8,10-11,15,17-18,20-21,25,35H,4-5,9,12-14,29H2,1-3H3,(H,33,37)(H2,28,31,32). The average molecular weight is 620 g/mol. The summed E-state index contributed by atoms with van der Waals surface area (Å²) in [7, 11) is -4.16. The van der Waals surface area contributed by atoms with E-state index in [0.29, 0.717) is 23.3 Å². The highest BCUT2D eigenvalue weighted by atomic mass is 31.2. The number of ether oxygens (including phenoxy) is 3. The van der Waals surface area contributed by atoms with E-state index >= 15 is 0 Å². The monoisotopic (exact) mass is 619 g/mol. The van der Waals surface area contributed by atoms with Crippen molar-refractivity contribution >= 4 is 30.8 Å². The average Bonchev–Trinajstić information content (AvgIpc) is 3.47.